The largest absolute Gasteiger partial charge is 0.354 e. The number of rotatable bonds is 4. The first-order valence-electron chi connectivity index (χ1n) is 9.10. The van der Waals surface area contributed by atoms with Crippen LogP contribution in [-0.2, 0) is 4.79 Å². The Kier molecular flexibility index (Phi) is 7.41. The Morgan fingerprint density at radius 1 is 1.27 bits per heavy atom. The highest BCUT2D eigenvalue weighted by atomic mass is 35.5. The average Bonchev–Trinajstić information content (AvgIpc) is 3.13. The number of amides is 2. The van der Waals surface area contributed by atoms with Gasteiger partial charge in [0, 0.05) is 25.2 Å². The van der Waals surface area contributed by atoms with Crippen molar-refractivity contribution in [2.45, 2.75) is 38.6 Å². The molecule has 26 heavy (non-hydrogen) atoms. The molecule has 0 bridgehead atoms. The summed E-state index contributed by atoms with van der Waals surface area (Å²) in [7, 11) is 0. The van der Waals surface area contributed by atoms with Crippen molar-refractivity contribution >= 4 is 24.2 Å². The molecule has 0 saturated carbocycles. The summed E-state index contributed by atoms with van der Waals surface area (Å²) in [6.07, 6.45) is 3.82. The molecule has 2 amide bonds. The van der Waals surface area contributed by atoms with E-state index in [4.69, 9.17) is 0 Å². The van der Waals surface area contributed by atoms with Gasteiger partial charge in [-0.25, -0.2) is 4.39 Å². The zero-order chi connectivity index (χ0) is 17.8. The number of carbonyl (C=O) groups excluding carboxylic acids is 2. The molecule has 0 aliphatic carbocycles. The van der Waals surface area contributed by atoms with Gasteiger partial charge in [-0.3, -0.25) is 9.59 Å². The van der Waals surface area contributed by atoms with E-state index in [1.165, 1.54) is 12.1 Å². The minimum atomic E-state index is -0.381. The van der Waals surface area contributed by atoms with E-state index in [2.05, 4.69) is 10.6 Å². The lowest BCUT2D eigenvalue weighted by atomic mass is 9.97. The van der Waals surface area contributed by atoms with Gasteiger partial charge in [0.1, 0.15) is 5.82 Å². The summed E-state index contributed by atoms with van der Waals surface area (Å²) in [5.74, 6) is -0.205. The molecule has 2 saturated heterocycles. The van der Waals surface area contributed by atoms with Gasteiger partial charge in [-0.05, 0) is 68.8 Å². The summed E-state index contributed by atoms with van der Waals surface area (Å²) in [6.45, 7) is 4.56. The Morgan fingerprint density at radius 2 is 2.08 bits per heavy atom. The summed E-state index contributed by atoms with van der Waals surface area (Å²) in [6, 6.07) is 4.37. The van der Waals surface area contributed by atoms with E-state index < -0.39 is 0 Å². The summed E-state index contributed by atoms with van der Waals surface area (Å²) >= 11 is 0. The van der Waals surface area contributed by atoms with Gasteiger partial charge in [-0.2, -0.15) is 0 Å². The predicted octanol–water partition coefficient (Wildman–Crippen LogP) is 2.28. The Bertz CT molecular complexity index is 629. The molecule has 2 aliphatic heterocycles. The van der Waals surface area contributed by atoms with Crippen molar-refractivity contribution in [3.05, 3.63) is 35.1 Å². The predicted molar refractivity (Wildman–Crippen MR) is 101 cm³/mol. The molecule has 0 spiro atoms. The minimum Gasteiger partial charge on any atom is -0.354 e. The molecule has 7 heteroatoms. The summed E-state index contributed by atoms with van der Waals surface area (Å²) in [4.78, 5) is 26.5. The molecule has 144 valence electrons. The van der Waals surface area contributed by atoms with Crippen LogP contribution in [0.25, 0.3) is 0 Å². The molecule has 2 heterocycles. The molecular formula is C19H27ClFN3O2. The SMILES string of the molecule is Cc1cc(F)cc(C(=O)N2CCCC(CNC(=O)C3CCCN3)C2)c1.Cl. The second-order valence-corrected chi connectivity index (χ2v) is 7.17. The Morgan fingerprint density at radius 3 is 2.77 bits per heavy atom. The van der Waals surface area contributed by atoms with Crippen molar-refractivity contribution in [2.75, 3.05) is 26.2 Å². The van der Waals surface area contributed by atoms with Crippen LogP contribution in [-0.4, -0.2) is 48.9 Å². The van der Waals surface area contributed by atoms with Crippen LogP contribution >= 0.6 is 12.4 Å². The summed E-state index contributed by atoms with van der Waals surface area (Å²) in [5, 5.41) is 6.20. The number of likely N-dealkylation sites (tertiary alicyclic amines) is 1. The number of hydrogen-bond donors (Lipinski definition) is 2. The number of halogens is 2. The second-order valence-electron chi connectivity index (χ2n) is 7.17. The Hall–Kier alpha value is -1.66. The highest BCUT2D eigenvalue weighted by Gasteiger charge is 2.27. The number of benzene rings is 1. The molecule has 1 aromatic rings. The maximum absolute atomic E-state index is 13.6. The van der Waals surface area contributed by atoms with Crippen molar-refractivity contribution in [3.63, 3.8) is 0 Å². The third-order valence-electron chi connectivity index (χ3n) is 5.04. The number of carbonyl (C=O) groups is 2. The lowest BCUT2D eigenvalue weighted by Gasteiger charge is -2.33. The maximum Gasteiger partial charge on any atom is 0.253 e. The fourth-order valence-corrected chi connectivity index (χ4v) is 3.73. The first-order valence-corrected chi connectivity index (χ1v) is 9.10. The van der Waals surface area contributed by atoms with Crippen LogP contribution in [0, 0.1) is 18.7 Å². The van der Waals surface area contributed by atoms with Crippen LogP contribution in [0.2, 0.25) is 0 Å². The minimum absolute atomic E-state index is 0. The van der Waals surface area contributed by atoms with E-state index in [9.17, 15) is 14.0 Å². The van der Waals surface area contributed by atoms with Crippen molar-refractivity contribution < 1.29 is 14.0 Å². The monoisotopic (exact) mass is 383 g/mol. The fraction of sp³-hybridized carbons (Fsp3) is 0.579. The zero-order valence-electron chi connectivity index (χ0n) is 15.1. The fourth-order valence-electron chi connectivity index (χ4n) is 3.73. The van der Waals surface area contributed by atoms with Crippen LogP contribution in [0.15, 0.2) is 18.2 Å². The number of aryl methyl sites for hydroxylation is 1. The van der Waals surface area contributed by atoms with Crippen molar-refractivity contribution in [1.29, 1.82) is 0 Å². The number of piperidine rings is 1. The third kappa shape index (κ3) is 5.17. The van der Waals surface area contributed by atoms with Crippen LogP contribution < -0.4 is 10.6 Å². The van der Waals surface area contributed by atoms with Crippen LogP contribution in [0.5, 0.6) is 0 Å². The highest BCUT2D eigenvalue weighted by molar-refractivity contribution is 5.94. The molecule has 5 nitrogen and oxygen atoms in total. The topological polar surface area (TPSA) is 61.4 Å². The quantitative estimate of drug-likeness (QED) is 0.838. The lowest BCUT2D eigenvalue weighted by Crippen LogP contribution is -2.46. The summed E-state index contributed by atoms with van der Waals surface area (Å²) in [5.41, 5.74) is 1.14. The molecular weight excluding hydrogens is 357 g/mol. The van der Waals surface area contributed by atoms with Gasteiger partial charge < -0.3 is 15.5 Å². The molecule has 0 radical (unpaired) electrons. The van der Waals surface area contributed by atoms with Gasteiger partial charge in [-0.1, -0.05) is 0 Å². The lowest BCUT2D eigenvalue weighted by molar-refractivity contribution is -0.123. The standard InChI is InChI=1S/C19H26FN3O2.ClH/c1-13-8-15(10-16(20)9-13)19(25)23-7-3-4-14(12-23)11-22-18(24)17-5-2-6-21-17;/h8-10,14,17,21H,2-7,11-12H2,1H3,(H,22,24);1H. The van der Waals surface area contributed by atoms with E-state index >= 15 is 0 Å². The molecule has 1 aromatic carbocycles. The molecule has 0 aromatic heterocycles. The van der Waals surface area contributed by atoms with Gasteiger partial charge in [0.2, 0.25) is 5.91 Å². The van der Waals surface area contributed by atoms with Gasteiger partial charge in [-0.15, -0.1) is 12.4 Å². The summed E-state index contributed by atoms with van der Waals surface area (Å²) < 4.78 is 13.6. The van der Waals surface area contributed by atoms with Gasteiger partial charge in [0.05, 0.1) is 6.04 Å². The van der Waals surface area contributed by atoms with E-state index in [0.717, 1.165) is 37.8 Å². The van der Waals surface area contributed by atoms with Gasteiger partial charge in [0.25, 0.3) is 5.91 Å². The molecule has 2 unspecified atom stereocenters. The van der Waals surface area contributed by atoms with Crippen molar-refractivity contribution in [3.8, 4) is 0 Å². The van der Waals surface area contributed by atoms with Crippen LogP contribution in [0.1, 0.15) is 41.6 Å². The normalized spacial score (nSPS) is 22.6. The van der Waals surface area contributed by atoms with E-state index in [1.807, 2.05) is 0 Å². The van der Waals surface area contributed by atoms with Gasteiger partial charge >= 0.3 is 0 Å². The molecule has 2 aliphatic rings. The average molecular weight is 384 g/mol. The smallest absolute Gasteiger partial charge is 0.253 e. The van der Waals surface area contributed by atoms with E-state index in [0.29, 0.717) is 25.2 Å². The first-order chi connectivity index (χ1) is 12.0. The second kappa shape index (κ2) is 9.33. The molecule has 2 fully saturated rings. The van der Waals surface area contributed by atoms with Crippen LogP contribution in [0.3, 0.4) is 0 Å². The molecule has 2 atom stereocenters. The van der Waals surface area contributed by atoms with Crippen molar-refractivity contribution in [2.24, 2.45) is 5.92 Å². The molecule has 3 rings (SSSR count). The number of hydrogen-bond acceptors (Lipinski definition) is 3. The number of nitrogens with one attached hydrogen (secondary N) is 2. The Labute approximate surface area is 160 Å². The molecule has 2 N–H and O–H groups in total. The van der Waals surface area contributed by atoms with E-state index in [-0.39, 0.29) is 42.0 Å². The zero-order valence-corrected chi connectivity index (χ0v) is 15.9. The highest BCUT2D eigenvalue weighted by Crippen LogP contribution is 2.19. The maximum atomic E-state index is 13.6. The Balaban J connectivity index is 0.00000243. The van der Waals surface area contributed by atoms with Crippen LogP contribution in [0.4, 0.5) is 4.39 Å². The third-order valence-corrected chi connectivity index (χ3v) is 5.04. The first kappa shape index (κ1) is 20.6. The number of nitrogens with zero attached hydrogens (tertiary/aromatic N) is 1. The van der Waals surface area contributed by atoms with Gasteiger partial charge in [0.15, 0.2) is 0 Å². The van der Waals surface area contributed by atoms with E-state index in [1.54, 1.807) is 17.9 Å². The van der Waals surface area contributed by atoms with Crippen molar-refractivity contribution in [1.82, 2.24) is 15.5 Å².